The van der Waals surface area contributed by atoms with Crippen molar-refractivity contribution in [1.29, 1.82) is 0 Å². The van der Waals surface area contributed by atoms with Gasteiger partial charge in [0.1, 0.15) is 0 Å². The first-order chi connectivity index (χ1) is 9.79. The number of benzene rings is 2. The summed E-state index contributed by atoms with van der Waals surface area (Å²) in [4.78, 5) is 1.96. The van der Waals surface area contributed by atoms with Gasteiger partial charge in [-0.1, -0.05) is 17.7 Å². The van der Waals surface area contributed by atoms with Gasteiger partial charge in [0.15, 0.2) is 0 Å². The highest BCUT2D eigenvalue weighted by Gasteiger charge is 2.15. The summed E-state index contributed by atoms with van der Waals surface area (Å²) in [6, 6.07) is 11.3. The van der Waals surface area contributed by atoms with Crippen molar-refractivity contribution < 1.29 is 8.42 Å². The van der Waals surface area contributed by atoms with Gasteiger partial charge in [0, 0.05) is 19.8 Å². The lowest BCUT2D eigenvalue weighted by atomic mass is 10.3. The molecular weight excluding hydrogens is 310 g/mol. The van der Waals surface area contributed by atoms with E-state index in [1.807, 2.05) is 25.1 Å². The maximum atomic E-state index is 12.3. The standard InChI is InChI=1S/C14H16ClN3O2S/c1-18(2)11-5-3-4-10(8-11)17-21(19,20)12-6-7-13(15)14(16)9-12/h3-9,17H,16H2,1-2H3. The fraction of sp³-hybridized carbons (Fsp3) is 0.143. The van der Waals surface area contributed by atoms with Gasteiger partial charge in [0.05, 0.1) is 21.3 Å². The van der Waals surface area contributed by atoms with Crippen molar-refractivity contribution in [2.75, 3.05) is 29.5 Å². The maximum Gasteiger partial charge on any atom is 0.261 e. The zero-order valence-corrected chi connectivity index (χ0v) is 13.2. The predicted molar refractivity (Wildman–Crippen MR) is 87.4 cm³/mol. The molecule has 0 bridgehead atoms. The molecule has 7 heteroatoms. The molecular formula is C14H16ClN3O2S. The van der Waals surface area contributed by atoms with Crippen molar-refractivity contribution >= 4 is 38.7 Å². The van der Waals surface area contributed by atoms with E-state index in [4.69, 9.17) is 17.3 Å². The largest absolute Gasteiger partial charge is 0.397 e. The van der Waals surface area contributed by atoms with Crippen LogP contribution in [0.25, 0.3) is 0 Å². The second kappa shape index (κ2) is 5.83. The molecule has 21 heavy (non-hydrogen) atoms. The van der Waals surface area contributed by atoms with Crippen LogP contribution in [0.15, 0.2) is 47.4 Å². The van der Waals surface area contributed by atoms with Crippen LogP contribution in [0.1, 0.15) is 0 Å². The number of hydrogen-bond donors (Lipinski definition) is 2. The van der Waals surface area contributed by atoms with Gasteiger partial charge in [-0.2, -0.15) is 0 Å². The van der Waals surface area contributed by atoms with Gasteiger partial charge < -0.3 is 10.6 Å². The smallest absolute Gasteiger partial charge is 0.261 e. The van der Waals surface area contributed by atoms with E-state index in [0.717, 1.165) is 5.69 Å². The summed E-state index contributed by atoms with van der Waals surface area (Å²) in [5.41, 5.74) is 7.24. The third-order valence-electron chi connectivity index (χ3n) is 2.89. The lowest BCUT2D eigenvalue weighted by Gasteiger charge is -2.14. The van der Waals surface area contributed by atoms with Crippen molar-refractivity contribution in [2.24, 2.45) is 0 Å². The van der Waals surface area contributed by atoms with Gasteiger partial charge in [-0.3, -0.25) is 4.72 Å². The Morgan fingerprint density at radius 2 is 1.86 bits per heavy atom. The number of sulfonamides is 1. The molecule has 0 heterocycles. The van der Waals surface area contributed by atoms with E-state index in [-0.39, 0.29) is 10.6 Å². The summed E-state index contributed by atoms with van der Waals surface area (Å²) in [5, 5.41) is 0.323. The lowest BCUT2D eigenvalue weighted by Crippen LogP contribution is -2.14. The minimum Gasteiger partial charge on any atom is -0.397 e. The SMILES string of the molecule is CN(C)c1cccc(NS(=O)(=O)c2ccc(Cl)c(N)c2)c1. The third-order valence-corrected chi connectivity index (χ3v) is 4.62. The molecule has 112 valence electrons. The fourth-order valence-corrected chi connectivity index (χ4v) is 2.95. The number of hydrogen-bond acceptors (Lipinski definition) is 4. The molecule has 0 atom stereocenters. The molecule has 0 aliphatic rings. The minimum absolute atomic E-state index is 0.0691. The molecule has 0 aromatic heterocycles. The van der Waals surface area contributed by atoms with Crippen LogP contribution in [0, 0.1) is 0 Å². The molecule has 2 rings (SSSR count). The molecule has 2 aromatic rings. The number of halogens is 1. The zero-order valence-electron chi connectivity index (χ0n) is 11.7. The van der Waals surface area contributed by atoms with Gasteiger partial charge in [-0.05, 0) is 36.4 Å². The number of nitrogen functional groups attached to an aromatic ring is 1. The Morgan fingerprint density at radius 1 is 1.14 bits per heavy atom. The summed E-state index contributed by atoms with van der Waals surface area (Å²) in [6.45, 7) is 0. The first-order valence-corrected chi connectivity index (χ1v) is 8.01. The van der Waals surface area contributed by atoms with Crippen molar-refractivity contribution in [3.63, 3.8) is 0 Å². The Morgan fingerprint density at radius 3 is 2.48 bits per heavy atom. The van der Waals surface area contributed by atoms with Crippen LogP contribution in [0.5, 0.6) is 0 Å². The van der Waals surface area contributed by atoms with E-state index in [9.17, 15) is 8.42 Å². The second-order valence-electron chi connectivity index (χ2n) is 4.73. The lowest BCUT2D eigenvalue weighted by molar-refractivity contribution is 0.601. The molecule has 5 nitrogen and oxygen atoms in total. The molecule has 0 saturated heterocycles. The number of nitrogens with zero attached hydrogens (tertiary/aromatic N) is 1. The Kier molecular flexibility index (Phi) is 4.29. The maximum absolute atomic E-state index is 12.3. The van der Waals surface area contributed by atoms with Crippen molar-refractivity contribution in [1.82, 2.24) is 0 Å². The molecule has 0 amide bonds. The molecule has 0 aliphatic carbocycles. The molecule has 0 spiro atoms. The van der Waals surface area contributed by atoms with E-state index in [1.54, 1.807) is 18.2 Å². The Labute approximate surface area is 129 Å². The third kappa shape index (κ3) is 3.59. The van der Waals surface area contributed by atoms with Gasteiger partial charge in [0.2, 0.25) is 0 Å². The summed E-state index contributed by atoms with van der Waals surface area (Å²) >= 11 is 5.80. The average molecular weight is 326 g/mol. The monoisotopic (exact) mass is 325 g/mol. The minimum atomic E-state index is -3.70. The summed E-state index contributed by atoms with van der Waals surface area (Å²) in [6.07, 6.45) is 0. The number of rotatable bonds is 4. The topological polar surface area (TPSA) is 75.4 Å². The normalized spacial score (nSPS) is 11.2. The molecule has 0 saturated carbocycles. The highest BCUT2D eigenvalue weighted by Crippen LogP contribution is 2.25. The first kappa shape index (κ1) is 15.5. The van der Waals surface area contributed by atoms with Crippen LogP contribution in [-0.4, -0.2) is 22.5 Å². The highest BCUT2D eigenvalue weighted by molar-refractivity contribution is 7.92. The molecule has 0 unspecified atom stereocenters. The van der Waals surface area contributed by atoms with E-state index >= 15 is 0 Å². The quantitative estimate of drug-likeness (QED) is 0.848. The number of nitrogens with one attached hydrogen (secondary N) is 1. The van der Waals surface area contributed by atoms with Crippen molar-refractivity contribution in [3.05, 3.63) is 47.5 Å². The van der Waals surface area contributed by atoms with Crippen molar-refractivity contribution in [3.8, 4) is 0 Å². The van der Waals surface area contributed by atoms with Crippen molar-refractivity contribution in [2.45, 2.75) is 4.90 Å². The van der Waals surface area contributed by atoms with Crippen LogP contribution < -0.4 is 15.4 Å². The van der Waals surface area contributed by atoms with E-state index in [1.165, 1.54) is 18.2 Å². The molecule has 0 radical (unpaired) electrons. The Hall–Kier alpha value is -1.92. The molecule has 3 N–H and O–H groups in total. The van der Waals surface area contributed by atoms with Crippen LogP contribution in [0.2, 0.25) is 5.02 Å². The predicted octanol–water partition coefficient (Wildman–Crippen LogP) is 2.79. The number of nitrogens with two attached hydrogens (primary N) is 1. The summed E-state index contributed by atoms with van der Waals surface area (Å²) < 4.78 is 27.2. The van der Waals surface area contributed by atoms with E-state index in [2.05, 4.69) is 4.72 Å². The van der Waals surface area contributed by atoms with Gasteiger partial charge in [-0.15, -0.1) is 0 Å². The van der Waals surface area contributed by atoms with Crippen LogP contribution in [0.3, 0.4) is 0 Å². The van der Waals surface area contributed by atoms with Crippen LogP contribution >= 0.6 is 11.6 Å². The molecule has 0 fully saturated rings. The van der Waals surface area contributed by atoms with Crippen LogP contribution in [-0.2, 0) is 10.0 Å². The second-order valence-corrected chi connectivity index (χ2v) is 6.82. The van der Waals surface area contributed by atoms with Gasteiger partial charge >= 0.3 is 0 Å². The van der Waals surface area contributed by atoms with Gasteiger partial charge in [0.25, 0.3) is 10.0 Å². The summed E-state index contributed by atoms with van der Waals surface area (Å²) in [5.74, 6) is 0. The van der Waals surface area contributed by atoms with Gasteiger partial charge in [-0.25, -0.2) is 8.42 Å². The zero-order chi connectivity index (χ0) is 15.6. The van der Waals surface area contributed by atoms with Crippen LogP contribution in [0.4, 0.5) is 17.1 Å². The highest BCUT2D eigenvalue weighted by atomic mass is 35.5. The van der Waals surface area contributed by atoms with E-state index in [0.29, 0.717) is 10.7 Å². The Bertz CT molecular complexity index is 761. The number of anilines is 3. The summed E-state index contributed by atoms with van der Waals surface area (Å²) in [7, 11) is 0.0627. The molecule has 0 aliphatic heterocycles. The average Bonchev–Trinajstić information content (AvgIpc) is 2.41. The first-order valence-electron chi connectivity index (χ1n) is 6.15. The van der Waals surface area contributed by atoms with E-state index < -0.39 is 10.0 Å². The fourth-order valence-electron chi connectivity index (χ4n) is 1.75. The molecule has 2 aromatic carbocycles. The Balaban J connectivity index is 2.33.